The molecule has 2 rings (SSSR count). The highest BCUT2D eigenvalue weighted by Gasteiger charge is 2.34. The Labute approximate surface area is 107 Å². The van der Waals surface area contributed by atoms with Crippen molar-refractivity contribution in [2.24, 2.45) is 5.92 Å². The van der Waals surface area contributed by atoms with Gasteiger partial charge in [0.15, 0.2) is 21.5 Å². The van der Waals surface area contributed by atoms with Crippen molar-refractivity contribution < 1.29 is 17.2 Å². The van der Waals surface area contributed by atoms with E-state index in [-0.39, 0.29) is 23.0 Å². The fraction of sp³-hybridized carbons (Fsp3) is 0.455. The molecule has 0 bridgehead atoms. The fourth-order valence-corrected chi connectivity index (χ4v) is 4.93. The number of rotatable bonds is 2. The number of hydrogen-bond acceptors (Lipinski definition) is 2. The predicted molar refractivity (Wildman–Crippen MR) is 64.8 cm³/mol. The third kappa shape index (κ3) is 2.68. The van der Waals surface area contributed by atoms with Crippen LogP contribution in [0.15, 0.2) is 18.2 Å². The van der Waals surface area contributed by atoms with E-state index < -0.39 is 26.3 Å². The van der Waals surface area contributed by atoms with Crippen LogP contribution in [-0.2, 0) is 9.84 Å². The molecular weight excluding hydrogens is 314 g/mol. The molecular formula is C11H11BrF2O2S. The molecule has 2 unspecified atom stereocenters. The van der Waals surface area contributed by atoms with Gasteiger partial charge >= 0.3 is 0 Å². The van der Waals surface area contributed by atoms with Crippen LogP contribution in [0.3, 0.4) is 0 Å². The monoisotopic (exact) mass is 324 g/mol. The molecule has 6 heteroatoms. The van der Waals surface area contributed by atoms with Crippen molar-refractivity contribution >= 4 is 25.8 Å². The van der Waals surface area contributed by atoms with Crippen molar-refractivity contribution in [3.8, 4) is 0 Å². The fourth-order valence-electron chi connectivity index (χ4n) is 2.04. The molecule has 0 amide bonds. The summed E-state index contributed by atoms with van der Waals surface area (Å²) in [7, 11) is -3.02. The van der Waals surface area contributed by atoms with Crippen molar-refractivity contribution in [3.05, 3.63) is 35.4 Å². The highest BCUT2D eigenvalue weighted by atomic mass is 79.9. The van der Waals surface area contributed by atoms with Crippen LogP contribution in [0.25, 0.3) is 0 Å². The molecule has 0 aliphatic carbocycles. The van der Waals surface area contributed by atoms with Crippen LogP contribution in [0.1, 0.15) is 16.8 Å². The first kappa shape index (κ1) is 13.0. The Morgan fingerprint density at radius 3 is 2.65 bits per heavy atom. The van der Waals surface area contributed by atoms with E-state index in [9.17, 15) is 17.2 Å². The third-order valence-corrected chi connectivity index (χ3v) is 5.99. The minimum Gasteiger partial charge on any atom is -0.229 e. The first-order valence-corrected chi connectivity index (χ1v) is 7.93. The van der Waals surface area contributed by atoms with Gasteiger partial charge in [-0.25, -0.2) is 17.2 Å². The molecule has 0 aromatic heterocycles. The molecule has 1 aliphatic heterocycles. The lowest BCUT2D eigenvalue weighted by atomic mass is 9.98. The maximum absolute atomic E-state index is 13.5. The minimum atomic E-state index is -3.02. The molecule has 0 N–H and O–H groups in total. The van der Waals surface area contributed by atoms with E-state index in [0.29, 0.717) is 6.42 Å². The van der Waals surface area contributed by atoms with Gasteiger partial charge in [0.2, 0.25) is 0 Å². The van der Waals surface area contributed by atoms with Gasteiger partial charge in [-0.15, -0.1) is 0 Å². The van der Waals surface area contributed by atoms with Gasteiger partial charge in [0, 0.05) is 10.4 Å². The lowest BCUT2D eigenvalue weighted by molar-refractivity contribution is 0.484. The second-order valence-corrected chi connectivity index (χ2v) is 7.42. The highest BCUT2D eigenvalue weighted by Crippen LogP contribution is 2.39. The van der Waals surface area contributed by atoms with Crippen molar-refractivity contribution in [1.82, 2.24) is 0 Å². The van der Waals surface area contributed by atoms with Crippen LogP contribution in [0.4, 0.5) is 8.78 Å². The Kier molecular flexibility index (Phi) is 3.54. The Balaban J connectivity index is 2.26. The number of alkyl halides is 1. The van der Waals surface area contributed by atoms with Crippen LogP contribution >= 0.6 is 15.9 Å². The number of sulfone groups is 1. The van der Waals surface area contributed by atoms with E-state index in [1.165, 1.54) is 12.1 Å². The maximum Gasteiger partial charge on any atom is 0.163 e. The number of benzene rings is 1. The summed E-state index contributed by atoms with van der Waals surface area (Å²) < 4.78 is 49.3. The van der Waals surface area contributed by atoms with Crippen LogP contribution in [-0.4, -0.2) is 19.9 Å². The van der Waals surface area contributed by atoms with Gasteiger partial charge in [-0.2, -0.15) is 0 Å². The molecule has 94 valence electrons. The van der Waals surface area contributed by atoms with Crippen molar-refractivity contribution in [2.45, 2.75) is 11.2 Å². The van der Waals surface area contributed by atoms with E-state index in [4.69, 9.17) is 0 Å². The van der Waals surface area contributed by atoms with E-state index in [0.717, 1.165) is 6.07 Å². The largest absolute Gasteiger partial charge is 0.229 e. The van der Waals surface area contributed by atoms with Crippen molar-refractivity contribution in [1.29, 1.82) is 0 Å². The molecule has 1 heterocycles. The SMILES string of the molecule is O=S1(=O)CCC(C(Br)c2cccc(F)c2F)C1. The molecule has 2 atom stereocenters. The van der Waals surface area contributed by atoms with Gasteiger partial charge in [-0.3, -0.25) is 0 Å². The third-order valence-electron chi connectivity index (χ3n) is 2.96. The van der Waals surface area contributed by atoms with Crippen LogP contribution in [0.5, 0.6) is 0 Å². The summed E-state index contributed by atoms with van der Waals surface area (Å²) in [6.45, 7) is 0. The predicted octanol–water partition coefficient (Wildman–Crippen LogP) is 2.84. The lowest BCUT2D eigenvalue weighted by Gasteiger charge is -2.17. The molecule has 1 fully saturated rings. The Morgan fingerprint density at radius 2 is 2.06 bits per heavy atom. The zero-order valence-electron chi connectivity index (χ0n) is 8.87. The summed E-state index contributed by atoms with van der Waals surface area (Å²) in [4.78, 5) is -0.463. The molecule has 0 spiro atoms. The van der Waals surface area contributed by atoms with Crippen LogP contribution in [0, 0.1) is 17.6 Å². The van der Waals surface area contributed by atoms with Crippen molar-refractivity contribution in [3.63, 3.8) is 0 Å². The summed E-state index contributed by atoms with van der Waals surface area (Å²) >= 11 is 3.28. The molecule has 17 heavy (non-hydrogen) atoms. The first-order chi connectivity index (χ1) is 7.91. The van der Waals surface area contributed by atoms with Crippen LogP contribution in [0.2, 0.25) is 0 Å². The first-order valence-electron chi connectivity index (χ1n) is 5.19. The lowest BCUT2D eigenvalue weighted by Crippen LogP contribution is -2.11. The Morgan fingerprint density at radius 1 is 1.35 bits per heavy atom. The Hall–Kier alpha value is -0.490. The topological polar surface area (TPSA) is 34.1 Å². The van der Waals surface area contributed by atoms with Crippen LogP contribution < -0.4 is 0 Å². The van der Waals surface area contributed by atoms with Gasteiger partial charge in [0.25, 0.3) is 0 Å². The summed E-state index contributed by atoms with van der Waals surface area (Å²) in [5.41, 5.74) is 0.187. The summed E-state index contributed by atoms with van der Waals surface area (Å²) in [5.74, 6) is -1.86. The van der Waals surface area contributed by atoms with Gasteiger partial charge in [0.05, 0.1) is 11.5 Å². The summed E-state index contributed by atoms with van der Waals surface area (Å²) in [6.07, 6.45) is 0.480. The molecule has 2 nitrogen and oxygen atoms in total. The van der Waals surface area contributed by atoms with E-state index in [1.54, 1.807) is 0 Å². The molecule has 0 radical (unpaired) electrons. The zero-order chi connectivity index (χ0) is 12.6. The highest BCUT2D eigenvalue weighted by molar-refractivity contribution is 9.09. The standard InChI is InChI=1S/C11H11BrF2O2S/c12-10(7-4-5-17(15,16)6-7)8-2-1-3-9(13)11(8)14/h1-3,7,10H,4-6H2. The quantitative estimate of drug-likeness (QED) is 0.784. The smallest absolute Gasteiger partial charge is 0.163 e. The number of halogens is 3. The molecule has 0 saturated carbocycles. The second-order valence-electron chi connectivity index (χ2n) is 4.21. The average molecular weight is 325 g/mol. The molecule has 1 aliphatic rings. The van der Waals surface area contributed by atoms with Gasteiger partial charge in [-0.1, -0.05) is 28.1 Å². The van der Waals surface area contributed by atoms with Gasteiger partial charge in [-0.05, 0) is 18.4 Å². The van der Waals surface area contributed by atoms with Crippen molar-refractivity contribution in [2.75, 3.05) is 11.5 Å². The van der Waals surface area contributed by atoms with E-state index in [1.807, 2.05) is 0 Å². The molecule has 1 aromatic rings. The summed E-state index contributed by atoms with van der Waals surface area (Å²) in [5, 5.41) is 0. The molecule has 1 aromatic carbocycles. The maximum atomic E-state index is 13.5. The summed E-state index contributed by atoms with van der Waals surface area (Å²) in [6, 6.07) is 3.94. The van der Waals surface area contributed by atoms with Gasteiger partial charge < -0.3 is 0 Å². The van der Waals surface area contributed by atoms with Gasteiger partial charge in [0.1, 0.15) is 0 Å². The normalized spacial score (nSPS) is 24.8. The second kappa shape index (κ2) is 4.65. The number of hydrogen-bond donors (Lipinski definition) is 0. The Bertz CT molecular complexity index is 530. The zero-order valence-corrected chi connectivity index (χ0v) is 11.3. The minimum absolute atomic E-state index is 0.0267. The van der Waals surface area contributed by atoms with E-state index in [2.05, 4.69) is 15.9 Å². The molecule has 1 saturated heterocycles. The van der Waals surface area contributed by atoms with E-state index >= 15 is 0 Å². The average Bonchev–Trinajstić information content (AvgIpc) is 2.62.